The van der Waals surface area contributed by atoms with Gasteiger partial charge in [0, 0.05) is 11.6 Å². The molecule has 0 aliphatic carbocycles. The molecule has 1 aromatic heterocycles. The van der Waals surface area contributed by atoms with Crippen LogP contribution in [0.2, 0.25) is 0 Å². The molecule has 0 bridgehead atoms. The first-order valence-corrected chi connectivity index (χ1v) is 5.45. The molecule has 0 saturated carbocycles. The maximum atomic E-state index is 5.66. The third kappa shape index (κ3) is 1.69. The Morgan fingerprint density at radius 1 is 1.24 bits per heavy atom. The maximum absolute atomic E-state index is 5.66. The van der Waals surface area contributed by atoms with Crippen LogP contribution in [-0.4, -0.2) is 23.4 Å². The number of nitrogens with one attached hydrogen (secondary N) is 1. The van der Waals surface area contributed by atoms with Crippen LogP contribution in [0, 0.1) is 6.92 Å². The van der Waals surface area contributed by atoms with Crippen molar-refractivity contribution < 1.29 is 9.47 Å². The highest BCUT2D eigenvalue weighted by atomic mass is 16.6. The lowest BCUT2D eigenvalue weighted by Gasteiger charge is -2.21. The van der Waals surface area contributed by atoms with Gasteiger partial charge in [0.05, 0.1) is 5.69 Å². The molecule has 3 N–H and O–H groups in total. The zero-order chi connectivity index (χ0) is 11.8. The molecular weight excluding hydrogens is 218 g/mol. The summed E-state index contributed by atoms with van der Waals surface area (Å²) in [4.78, 5) is 0. The Morgan fingerprint density at radius 2 is 2.06 bits per heavy atom. The average Bonchev–Trinajstić information content (AvgIpc) is 2.74. The third-order valence-corrected chi connectivity index (χ3v) is 2.67. The Kier molecular flexibility index (Phi) is 2.18. The van der Waals surface area contributed by atoms with Gasteiger partial charge in [-0.3, -0.25) is 5.10 Å². The van der Waals surface area contributed by atoms with Gasteiger partial charge in [0.25, 0.3) is 0 Å². The van der Waals surface area contributed by atoms with Gasteiger partial charge in [-0.25, -0.2) is 0 Å². The number of nitrogens with two attached hydrogens (primary N) is 1. The van der Waals surface area contributed by atoms with Crippen molar-refractivity contribution in [1.29, 1.82) is 0 Å². The van der Waals surface area contributed by atoms with Crippen LogP contribution in [0.15, 0.2) is 18.2 Å². The highest BCUT2D eigenvalue weighted by Crippen LogP contribution is 2.40. The molecule has 0 radical (unpaired) electrons. The number of anilines is 1. The zero-order valence-electron chi connectivity index (χ0n) is 9.49. The number of aromatic amines is 1. The van der Waals surface area contributed by atoms with E-state index in [0.717, 1.165) is 28.3 Å². The van der Waals surface area contributed by atoms with Gasteiger partial charge in [-0.2, -0.15) is 5.10 Å². The molecule has 0 spiro atoms. The summed E-state index contributed by atoms with van der Waals surface area (Å²) in [6.07, 6.45) is 0. The van der Waals surface area contributed by atoms with E-state index in [9.17, 15) is 0 Å². The van der Waals surface area contributed by atoms with E-state index in [2.05, 4.69) is 10.2 Å². The average molecular weight is 231 g/mol. The second-order valence-corrected chi connectivity index (χ2v) is 4.04. The number of nitrogens with zero attached hydrogens (tertiary/aromatic N) is 1. The first-order chi connectivity index (χ1) is 8.24. The second kappa shape index (κ2) is 3.69. The lowest BCUT2D eigenvalue weighted by Crippen LogP contribution is -2.16. The molecule has 0 saturated heterocycles. The summed E-state index contributed by atoms with van der Waals surface area (Å²) in [6, 6.07) is 5.78. The number of ether oxygens (including phenoxy) is 2. The van der Waals surface area contributed by atoms with Crippen molar-refractivity contribution in [3.05, 3.63) is 23.8 Å². The Bertz CT molecular complexity index is 563. The molecule has 88 valence electrons. The summed E-state index contributed by atoms with van der Waals surface area (Å²) >= 11 is 0. The molecule has 5 nitrogen and oxygen atoms in total. The topological polar surface area (TPSA) is 73.2 Å². The van der Waals surface area contributed by atoms with Gasteiger partial charge in [0.2, 0.25) is 0 Å². The molecule has 5 heteroatoms. The minimum absolute atomic E-state index is 0.465. The largest absolute Gasteiger partial charge is 0.486 e. The Labute approximate surface area is 98.5 Å². The number of aromatic nitrogens is 2. The summed E-state index contributed by atoms with van der Waals surface area (Å²) < 4.78 is 11.2. The highest BCUT2D eigenvalue weighted by Gasteiger charge is 2.18. The van der Waals surface area contributed by atoms with Crippen molar-refractivity contribution in [2.24, 2.45) is 0 Å². The standard InChI is InChI=1S/C12H13N3O2/c1-7-4-8(9-6-11(13)15-14-9)12-10(5-7)16-2-3-17-12/h4-6H,2-3H2,1H3,(H3,13,14,15). The Hall–Kier alpha value is -2.17. The molecule has 1 aliphatic rings. The van der Waals surface area contributed by atoms with E-state index in [1.165, 1.54) is 0 Å². The van der Waals surface area contributed by atoms with E-state index in [-0.39, 0.29) is 0 Å². The number of hydrogen-bond donors (Lipinski definition) is 2. The number of H-pyrrole nitrogens is 1. The van der Waals surface area contributed by atoms with E-state index in [0.29, 0.717) is 19.0 Å². The lowest BCUT2D eigenvalue weighted by atomic mass is 10.1. The lowest BCUT2D eigenvalue weighted by molar-refractivity contribution is 0.172. The van der Waals surface area contributed by atoms with Crippen LogP contribution >= 0.6 is 0 Å². The summed E-state index contributed by atoms with van der Waals surface area (Å²) in [5, 5.41) is 6.82. The quantitative estimate of drug-likeness (QED) is 0.784. The van der Waals surface area contributed by atoms with Crippen molar-refractivity contribution in [2.45, 2.75) is 6.92 Å². The van der Waals surface area contributed by atoms with Gasteiger partial charge in [-0.05, 0) is 24.6 Å². The van der Waals surface area contributed by atoms with Crippen LogP contribution < -0.4 is 15.2 Å². The van der Waals surface area contributed by atoms with Gasteiger partial charge in [0.15, 0.2) is 11.5 Å². The number of fused-ring (bicyclic) bond motifs is 1. The number of benzene rings is 1. The van der Waals surface area contributed by atoms with Gasteiger partial charge < -0.3 is 15.2 Å². The first-order valence-electron chi connectivity index (χ1n) is 5.45. The van der Waals surface area contributed by atoms with Crippen LogP contribution in [0.4, 0.5) is 5.82 Å². The molecule has 0 fully saturated rings. The predicted molar refractivity (Wildman–Crippen MR) is 64.2 cm³/mol. The summed E-state index contributed by atoms with van der Waals surface area (Å²) in [5.74, 6) is 2.00. The predicted octanol–water partition coefficient (Wildman–Crippen LogP) is 1.74. The molecule has 0 amide bonds. The van der Waals surface area contributed by atoms with Crippen LogP contribution in [0.25, 0.3) is 11.3 Å². The molecule has 17 heavy (non-hydrogen) atoms. The van der Waals surface area contributed by atoms with Gasteiger partial charge in [-0.1, -0.05) is 0 Å². The van der Waals surface area contributed by atoms with Gasteiger partial charge in [0.1, 0.15) is 19.0 Å². The summed E-state index contributed by atoms with van der Waals surface area (Å²) in [7, 11) is 0. The fourth-order valence-corrected chi connectivity index (χ4v) is 1.97. The SMILES string of the molecule is Cc1cc2c(c(-c3cc(N)n[nH]3)c1)OCCO2. The van der Waals surface area contributed by atoms with Crippen LogP contribution in [-0.2, 0) is 0 Å². The zero-order valence-corrected chi connectivity index (χ0v) is 9.49. The highest BCUT2D eigenvalue weighted by molar-refractivity contribution is 5.73. The normalized spacial score (nSPS) is 13.7. The number of hydrogen-bond acceptors (Lipinski definition) is 4. The number of rotatable bonds is 1. The van der Waals surface area contributed by atoms with Crippen LogP contribution in [0.1, 0.15) is 5.56 Å². The molecule has 1 aliphatic heterocycles. The molecule has 3 rings (SSSR count). The smallest absolute Gasteiger partial charge is 0.170 e. The number of aryl methyl sites for hydroxylation is 1. The minimum Gasteiger partial charge on any atom is -0.486 e. The van der Waals surface area contributed by atoms with E-state index < -0.39 is 0 Å². The van der Waals surface area contributed by atoms with Crippen LogP contribution in [0.3, 0.4) is 0 Å². The Balaban J connectivity index is 2.18. The molecule has 2 heterocycles. The molecular formula is C12H13N3O2. The van der Waals surface area contributed by atoms with Crippen molar-refractivity contribution in [3.63, 3.8) is 0 Å². The van der Waals surface area contributed by atoms with Crippen molar-refractivity contribution in [1.82, 2.24) is 10.2 Å². The van der Waals surface area contributed by atoms with Crippen LogP contribution in [0.5, 0.6) is 11.5 Å². The minimum atomic E-state index is 0.465. The van der Waals surface area contributed by atoms with E-state index in [1.807, 2.05) is 19.1 Å². The first kappa shape index (κ1) is 10.0. The van der Waals surface area contributed by atoms with Crippen molar-refractivity contribution in [3.8, 4) is 22.8 Å². The van der Waals surface area contributed by atoms with E-state index in [4.69, 9.17) is 15.2 Å². The molecule has 0 unspecified atom stereocenters. The molecule has 2 aromatic rings. The van der Waals surface area contributed by atoms with E-state index >= 15 is 0 Å². The molecule has 0 atom stereocenters. The second-order valence-electron chi connectivity index (χ2n) is 4.04. The fourth-order valence-electron chi connectivity index (χ4n) is 1.97. The monoisotopic (exact) mass is 231 g/mol. The number of nitrogen functional groups attached to an aromatic ring is 1. The van der Waals surface area contributed by atoms with Gasteiger partial charge in [-0.15, -0.1) is 0 Å². The van der Waals surface area contributed by atoms with Gasteiger partial charge >= 0.3 is 0 Å². The maximum Gasteiger partial charge on any atom is 0.170 e. The fraction of sp³-hybridized carbons (Fsp3) is 0.250. The van der Waals surface area contributed by atoms with E-state index in [1.54, 1.807) is 6.07 Å². The molecule has 1 aromatic carbocycles. The summed E-state index contributed by atoms with van der Waals surface area (Å²) in [5.41, 5.74) is 8.50. The summed E-state index contributed by atoms with van der Waals surface area (Å²) in [6.45, 7) is 3.16. The van der Waals surface area contributed by atoms with Crippen molar-refractivity contribution in [2.75, 3.05) is 18.9 Å². The third-order valence-electron chi connectivity index (χ3n) is 2.67. The van der Waals surface area contributed by atoms with Crippen molar-refractivity contribution >= 4 is 5.82 Å². The Morgan fingerprint density at radius 3 is 2.82 bits per heavy atom.